The molecule has 0 aliphatic carbocycles. The number of hydrogen-bond donors (Lipinski definition) is 2. The van der Waals surface area contributed by atoms with E-state index in [4.69, 9.17) is 10.2 Å². The fourth-order valence-corrected chi connectivity index (χ4v) is 1.22. The average molecular weight is 208 g/mol. The van der Waals surface area contributed by atoms with Crippen LogP contribution < -0.4 is 0 Å². The van der Waals surface area contributed by atoms with Gasteiger partial charge in [0.25, 0.3) is 0 Å². The van der Waals surface area contributed by atoms with Crippen LogP contribution in [0.15, 0.2) is 36.4 Å². The molecule has 2 aromatic rings. The summed E-state index contributed by atoms with van der Waals surface area (Å²) in [4.78, 5) is 0. The summed E-state index contributed by atoms with van der Waals surface area (Å²) in [5.41, 5.74) is 0. The Morgan fingerprint density at radius 3 is 1.54 bits per heavy atom. The SMILES string of the molecule is Oc1cc2ccccc2cc1O.[Ti]. The van der Waals surface area contributed by atoms with Gasteiger partial charge in [0.15, 0.2) is 11.5 Å². The van der Waals surface area contributed by atoms with Crippen molar-refractivity contribution < 1.29 is 31.9 Å². The summed E-state index contributed by atoms with van der Waals surface area (Å²) in [6.45, 7) is 0. The largest absolute Gasteiger partial charge is 0.504 e. The maximum atomic E-state index is 9.17. The molecule has 0 aromatic heterocycles. The number of hydrogen-bond acceptors (Lipinski definition) is 2. The third-order valence-electron chi connectivity index (χ3n) is 1.84. The number of aromatic hydroxyl groups is 2. The minimum Gasteiger partial charge on any atom is -0.504 e. The summed E-state index contributed by atoms with van der Waals surface area (Å²) < 4.78 is 0. The van der Waals surface area contributed by atoms with Crippen LogP contribution in [-0.2, 0) is 21.7 Å². The summed E-state index contributed by atoms with van der Waals surface area (Å²) in [6, 6.07) is 10.6. The van der Waals surface area contributed by atoms with Gasteiger partial charge in [0.2, 0.25) is 0 Å². The van der Waals surface area contributed by atoms with E-state index in [1.807, 2.05) is 24.3 Å². The van der Waals surface area contributed by atoms with Crippen molar-refractivity contribution in [3.05, 3.63) is 36.4 Å². The van der Waals surface area contributed by atoms with Gasteiger partial charge in [-0.15, -0.1) is 0 Å². The van der Waals surface area contributed by atoms with Crippen molar-refractivity contribution in [2.45, 2.75) is 0 Å². The molecule has 64 valence electrons. The monoisotopic (exact) mass is 208 g/mol. The molecule has 2 N–H and O–H groups in total. The first kappa shape index (κ1) is 10.1. The van der Waals surface area contributed by atoms with Crippen molar-refractivity contribution >= 4 is 10.8 Å². The molecule has 2 nitrogen and oxygen atoms in total. The molecule has 0 saturated heterocycles. The molecule has 0 heterocycles. The smallest absolute Gasteiger partial charge is 0.158 e. The van der Waals surface area contributed by atoms with E-state index in [-0.39, 0.29) is 33.2 Å². The summed E-state index contributed by atoms with van der Waals surface area (Å²) in [7, 11) is 0. The van der Waals surface area contributed by atoms with Gasteiger partial charge in [-0.3, -0.25) is 0 Å². The molecule has 2 rings (SSSR count). The topological polar surface area (TPSA) is 40.5 Å². The zero-order valence-electron chi connectivity index (χ0n) is 6.86. The Hall–Kier alpha value is -0.986. The Kier molecular flexibility index (Phi) is 2.96. The molecule has 2 aromatic carbocycles. The predicted octanol–water partition coefficient (Wildman–Crippen LogP) is 2.25. The molecule has 0 radical (unpaired) electrons. The van der Waals surface area contributed by atoms with Crippen molar-refractivity contribution in [1.29, 1.82) is 0 Å². The normalized spacial score (nSPS) is 9.54. The zero-order valence-corrected chi connectivity index (χ0v) is 8.42. The maximum Gasteiger partial charge on any atom is 0.158 e. The van der Waals surface area contributed by atoms with Crippen molar-refractivity contribution in [3.8, 4) is 11.5 Å². The third-order valence-corrected chi connectivity index (χ3v) is 1.84. The summed E-state index contributed by atoms with van der Waals surface area (Å²) >= 11 is 0. The van der Waals surface area contributed by atoms with E-state index in [2.05, 4.69) is 0 Å². The van der Waals surface area contributed by atoms with Gasteiger partial charge in [0.1, 0.15) is 0 Å². The summed E-state index contributed by atoms with van der Waals surface area (Å²) in [6.07, 6.45) is 0. The zero-order chi connectivity index (χ0) is 8.55. The molecule has 0 amide bonds. The van der Waals surface area contributed by atoms with Gasteiger partial charge in [-0.05, 0) is 22.9 Å². The van der Waals surface area contributed by atoms with E-state index in [1.54, 1.807) is 12.1 Å². The van der Waals surface area contributed by atoms with Crippen molar-refractivity contribution in [2.24, 2.45) is 0 Å². The number of fused-ring (bicyclic) bond motifs is 1. The second-order valence-electron chi connectivity index (χ2n) is 2.69. The average Bonchev–Trinajstić information content (AvgIpc) is 2.07. The Morgan fingerprint density at radius 2 is 1.15 bits per heavy atom. The summed E-state index contributed by atoms with van der Waals surface area (Å²) in [5, 5.41) is 20.2. The van der Waals surface area contributed by atoms with Crippen LogP contribution in [0.3, 0.4) is 0 Å². The molecular formula is C10H8O2Ti. The first-order chi connectivity index (χ1) is 5.77. The van der Waals surface area contributed by atoms with E-state index >= 15 is 0 Å². The maximum absolute atomic E-state index is 9.17. The van der Waals surface area contributed by atoms with Gasteiger partial charge in [0.05, 0.1) is 0 Å². The third kappa shape index (κ3) is 1.85. The van der Waals surface area contributed by atoms with E-state index in [0.717, 1.165) is 10.8 Å². The van der Waals surface area contributed by atoms with E-state index in [1.165, 1.54) is 0 Å². The first-order valence-corrected chi connectivity index (χ1v) is 3.68. The van der Waals surface area contributed by atoms with Crippen LogP contribution in [0.4, 0.5) is 0 Å². The van der Waals surface area contributed by atoms with Crippen molar-refractivity contribution in [2.75, 3.05) is 0 Å². The molecular weight excluding hydrogens is 200 g/mol. The molecule has 0 atom stereocenters. The Bertz CT molecular complexity index is 386. The quantitative estimate of drug-likeness (QED) is 0.514. The van der Waals surface area contributed by atoms with Crippen LogP contribution in [0.25, 0.3) is 10.8 Å². The van der Waals surface area contributed by atoms with Gasteiger partial charge in [0, 0.05) is 21.7 Å². The Labute approximate surface area is 90.7 Å². The van der Waals surface area contributed by atoms with Crippen molar-refractivity contribution in [1.82, 2.24) is 0 Å². The molecule has 0 spiro atoms. The Morgan fingerprint density at radius 1 is 0.769 bits per heavy atom. The van der Waals surface area contributed by atoms with E-state index in [9.17, 15) is 0 Å². The Balaban J connectivity index is 0.000000845. The second-order valence-corrected chi connectivity index (χ2v) is 2.69. The van der Waals surface area contributed by atoms with Crippen LogP contribution in [0.2, 0.25) is 0 Å². The van der Waals surface area contributed by atoms with Crippen LogP contribution in [0.1, 0.15) is 0 Å². The van der Waals surface area contributed by atoms with E-state index in [0.29, 0.717) is 0 Å². The number of phenols is 2. The van der Waals surface area contributed by atoms with Gasteiger partial charge in [-0.2, -0.15) is 0 Å². The molecule has 3 heteroatoms. The van der Waals surface area contributed by atoms with Gasteiger partial charge in [-0.25, -0.2) is 0 Å². The fraction of sp³-hybridized carbons (Fsp3) is 0. The van der Waals surface area contributed by atoms with Gasteiger partial charge >= 0.3 is 0 Å². The fourth-order valence-electron chi connectivity index (χ4n) is 1.22. The van der Waals surface area contributed by atoms with Gasteiger partial charge in [-0.1, -0.05) is 24.3 Å². The molecule has 0 unspecified atom stereocenters. The van der Waals surface area contributed by atoms with Crippen LogP contribution in [0, 0.1) is 0 Å². The van der Waals surface area contributed by atoms with Crippen LogP contribution >= 0.6 is 0 Å². The standard InChI is InChI=1S/C10H8O2.Ti/c11-9-5-7-3-1-2-4-8(7)6-10(9)12;/h1-6,11-12H;. The first-order valence-electron chi connectivity index (χ1n) is 3.68. The minimum atomic E-state index is -0.0753. The number of phenolic OH excluding ortho intramolecular Hbond substituents is 2. The van der Waals surface area contributed by atoms with Crippen LogP contribution in [0.5, 0.6) is 11.5 Å². The second kappa shape index (κ2) is 3.82. The van der Waals surface area contributed by atoms with Crippen LogP contribution in [-0.4, -0.2) is 10.2 Å². The molecule has 0 aliphatic rings. The van der Waals surface area contributed by atoms with Crippen molar-refractivity contribution in [3.63, 3.8) is 0 Å². The molecule has 0 fully saturated rings. The molecule has 0 saturated carbocycles. The van der Waals surface area contributed by atoms with Gasteiger partial charge < -0.3 is 10.2 Å². The molecule has 0 bridgehead atoms. The molecule has 13 heavy (non-hydrogen) atoms. The number of benzene rings is 2. The number of rotatable bonds is 0. The summed E-state index contributed by atoms with van der Waals surface area (Å²) in [5.74, 6) is -0.151. The molecule has 0 aliphatic heterocycles. The van der Waals surface area contributed by atoms with E-state index < -0.39 is 0 Å². The minimum absolute atomic E-state index is 0. The predicted molar refractivity (Wildman–Crippen MR) is 47.3 cm³/mol.